The fourth-order valence-electron chi connectivity index (χ4n) is 2.42. The van der Waals surface area contributed by atoms with Crippen LogP contribution in [0.15, 0.2) is 32.7 Å². The number of rotatable bonds is 3. The minimum atomic E-state index is -0.326. The minimum Gasteiger partial charge on any atom is -0.462 e. The van der Waals surface area contributed by atoms with Crippen LogP contribution in [0.25, 0.3) is 11.0 Å². The molecular weight excluding hydrogens is 341 g/mol. The van der Waals surface area contributed by atoms with Crippen LogP contribution >= 0.6 is 23.2 Å². The molecule has 1 saturated heterocycles. The first kappa shape index (κ1) is 16.0. The van der Waals surface area contributed by atoms with Gasteiger partial charge in [0, 0.05) is 5.02 Å². The van der Waals surface area contributed by atoms with Crippen LogP contribution in [0.3, 0.4) is 0 Å². The molecule has 2 N–H and O–H groups in total. The van der Waals surface area contributed by atoms with Gasteiger partial charge in [0.05, 0.1) is 28.2 Å². The van der Waals surface area contributed by atoms with Crippen molar-refractivity contribution >= 4 is 46.3 Å². The maximum absolute atomic E-state index is 12.4. The van der Waals surface area contributed by atoms with Gasteiger partial charge in [-0.05, 0) is 31.5 Å². The molecule has 0 spiro atoms. The summed E-state index contributed by atoms with van der Waals surface area (Å²) in [6, 6.07) is 2.74. The lowest BCUT2D eigenvalue weighted by Gasteiger charge is -2.06. The van der Waals surface area contributed by atoms with Crippen molar-refractivity contribution in [3.05, 3.63) is 44.2 Å². The zero-order chi connectivity index (χ0) is 16.4. The Bertz CT molecular complexity index is 842. The molecule has 0 saturated carbocycles. The van der Waals surface area contributed by atoms with E-state index < -0.39 is 0 Å². The summed E-state index contributed by atoms with van der Waals surface area (Å²) in [6.45, 7) is 0.817. The van der Waals surface area contributed by atoms with Crippen LogP contribution in [0.1, 0.15) is 18.4 Å². The van der Waals surface area contributed by atoms with Crippen LogP contribution in [-0.4, -0.2) is 24.7 Å². The zero-order valence-corrected chi connectivity index (χ0v) is 13.4. The van der Waals surface area contributed by atoms with Crippen LogP contribution in [0.2, 0.25) is 10.0 Å². The number of hydrogen-bond acceptors (Lipinski definition) is 5. The van der Waals surface area contributed by atoms with Crippen LogP contribution in [0, 0.1) is 0 Å². The zero-order valence-electron chi connectivity index (χ0n) is 11.9. The second-order valence-electron chi connectivity index (χ2n) is 5.17. The molecule has 1 aliphatic heterocycles. The summed E-state index contributed by atoms with van der Waals surface area (Å²) < 4.78 is 5.36. The van der Waals surface area contributed by atoms with Crippen molar-refractivity contribution in [3.63, 3.8) is 0 Å². The summed E-state index contributed by atoms with van der Waals surface area (Å²) in [5.74, 6) is -0.227. The highest BCUT2D eigenvalue weighted by atomic mass is 35.5. The van der Waals surface area contributed by atoms with E-state index in [4.69, 9.17) is 27.6 Å². The Kier molecular flexibility index (Phi) is 4.66. The van der Waals surface area contributed by atoms with Crippen LogP contribution in [0.5, 0.6) is 0 Å². The van der Waals surface area contributed by atoms with E-state index in [1.807, 2.05) is 0 Å². The molecule has 1 aromatic heterocycles. The van der Waals surface area contributed by atoms with E-state index in [9.17, 15) is 9.59 Å². The maximum atomic E-state index is 12.4. The predicted octanol–water partition coefficient (Wildman–Crippen LogP) is 2.30. The van der Waals surface area contributed by atoms with E-state index in [1.165, 1.54) is 24.6 Å². The average molecular weight is 354 g/mol. The number of nitrogens with zero attached hydrogens (tertiary/aromatic N) is 1. The minimum absolute atomic E-state index is 0.190. The summed E-state index contributed by atoms with van der Waals surface area (Å²) in [5, 5.41) is 7.72. The van der Waals surface area contributed by atoms with Gasteiger partial charge in [-0.15, -0.1) is 0 Å². The van der Waals surface area contributed by atoms with Gasteiger partial charge < -0.3 is 9.73 Å². The standard InChI is InChI=1S/C15H13Cl2N3O3/c16-9-4-10-13(21)8(7-23-14(10)11(17)5-9)6-19-20-15(22)12-2-1-3-18-12/h4-7,12,18H,1-3H2,(H,20,22)/t12-/m1/s1. The summed E-state index contributed by atoms with van der Waals surface area (Å²) in [6.07, 6.45) is 4.22. The first-order valence-electron chi connectivity index (χ1n) is 7.03. The number of carbonyl (C=O) groups is 1. The van der Waals surface area contributed by atoms with Gasteiger partial charge in [0.1, 0.15) is 6.26 Å². The van der Waals surface area contributed by atoms with Gasteiger partial charge in [0.2, 0.25) is 5.43 Å². The van der Waals surface area contributed by atoms with Crippen molar-refractivity contribution in [1.82, 2.24) is 10.7 Å². The fraction of sp³-hybridized carbons (Fsp3) is 0.267. The Morgan fingerprint density at radius 3 is 3.00 bits per heavy atom. The summed E-state index contributed by atoms with van der Waals surface area (Å²) in [7, 11) is 0. The molecule has 8 heteroatoms. The van der Waals surface area contributed by atoms with Crippen molar-refractivity contribution in [2.24, 2.45) is 5.10 Å². The van der Waals surface area contributed by atoms with Crippen molar-refractivity contribution in [2.45, 2.75) is 18.9 Å². The highest BCUT2D eigenvalue weighted by Crippen LogP contribution is 2.26. The fourth-order valence-corrected chi connectivity index (χ4v) is 2.96. The lowest BCUT2D eigenvalue weighted by molar-refractivity contribution is -0.122. The SMILES string of the molecule is O=C(NN=Cc1coc2c(Cl)cc(Cl)cc2c1=O)[C@H]1CCCN1. The number of nitrogens with one attached hydrogen (secondary N) is 2. The summed E-state index contributed by atoms with van der Waals surface area (Å²) in [4.78, 5) is 24.2. The van der Waals surface area contributed by atoms with Gasteiger partial charge in [-0.25, -0.2) is 5.43 Å². The van der Waals surface area contributed by atoms with Gasteiger partial charge in [-0.3, -0.25) is 9.59 Å². The van der Waals surface area contributed by atoms with Crippen molar-refractivity contribution in [2.75, 3.05) is 6.54 Å². The number of benzene rings is 1. The molecule has 0 radical (unpaired) electrons. The molecule has 0 bridgehead atoms. The van der Waals surface area contributed by atoms with E-state index in [-0.39, 0.29) is 38.9 Å². The number of hydrazone groups is 1. The molecule has 6 nitrogen and oxygen atoms in total. The monoisotopic (exact) mass is 353 g/mol. The smallest absolute Gasteiger partial charge is 0.257 e. The largest absolute Gasteiger partial charge is 0.462 e. The first-order chi connectivity index (χ1) is 11.1. The van der Waals surface area contributed by atoms with E-state index in [0.717, 1.165) is 19.4 Å². The molecule has 1 fully saturated rings. The Hall–Kier alpha value is -1.89. The van der Waals surface area contributed by atoms with E-state index >= 15 is 0 Å². The molecule has 0 unspecified atom stereocenters. The Balaban J connectivity index is 1.83. The highest BCUT2D eigenvalue weighted by Gasteiger charge is 2.21. The van der Waals surface area contributed by atoms with Gasteiger partial charge in [0.15, 0.2) is 5.58 Å². The van der Waals surface area contributed by atoms with E-state index in [2.05, 4.69) is 15.8 Å². The molecule has 1 aliphatic rings. The third-order valence-corrected chi connectivity index (χ3v) is 4.07. The molecule has 2 heterocycles. The van der Waals surface area contributed by atoms with Crippen LogP contribution in [0.4, 0.5) is 0 Å². The topological polar surface area (TPSA) is 83.7 Å². The molecule has 1 amide bonds. The molecule has 3 rings (SSSR count). The molecule has 23 heavy (non-hydrogen) atoms. The third kappa shape index (κ3) is 3.39. The lowest BCUT2D eigenvalue weighted by Crippen LogP contribution is -2.38. The molecule has 0 aliphatic carbocycles. The number of fused-ring (bicyclic) bond motifs is 1. The number of amides is 1. The van der Waals surface area contributed by atoms with E-state index in [0.29, 0.717) is 5.02 Å². The van der Waals surface area contributed by atoms with Gasteiger partial charge in [0.25, 0.3) is 5.91 Å². The molecule has 1 atom stereocenters. The molecular formula is C15H13Cl2N3O3. The molecule has 2 aromatic rings. The lowest BCUT2D eigenvalue weighted by atomic mass is 10.2. The quantitative estimate of drug-likeness (QED) is 0.655. The highest BCUT2D eigenvalue weighted by molar-refractivity contribution is 6.38. The van der Waals surface area contributed by atoms with Crippen molar-refractivity contribution in [3.8, 4) is 0 Å². The number of carbonyl (C=O) groups excluding carboxylic acids is 1. The van der Waals surface area contributed by atoms with Crippen LogP contribution < -0.4 is 16.2 Å². The number of halogens is 2. The maximum Gasteiger partial charge on any atom is 0.257 e. The average Bonchev–Trinajstić information content (AvgIpc) is 3.04. The van der Waals surface area contributed by atoms with Crippen LogP contribution in [-0.2, 0) is 4.79 Å². The number of hydrogen-bond donors (Lipinski definition) is 2. The summed E-state index contributed by atoms with van der Waals surface area (Å²) in [5.41, 5.74) is 2.53. The predicted molar refractivity (Wildman–Crippen MR) is 89.3 cm³/mol. The second kappa shape index (κ2) is 6.70. The van der Waals surface area contributed by atoms with Gasteiger partial charge >= 0.3 is 0 Å². The van der Waals surface area contributed by atoms with E-state index in [1.54, 1.807) is 0 Å². The van der Waals surface area contributed by atoms with Gasteiger partial charge in [-0.1, -0.05) is 23.2 Å². The van der Waals surface area contributed by atoms with Crippen molar-refractivity contribution in [1.29, 1.82) is 0 Å². The third-order valence-electron chi connectivity index (χ3n) is 3.57. The second-order valence-corrected chi connectivity index (χ2v) is 6.01. The summed E-state index contributed by atoms with van der Waals surface area (Å²) >= 11 is 11.9. The molecule has 120 valence electrons. The molecule has 1 aromatic carbocycles. The Morgan fingerprint density at radius 2 is 2.26 bits per heavy atom. The first-order valence-corrected chi connectivity index (χ1v) is 7.78. The Morgan fingerprint density at radius 1 is 1.43 bits per heavy atom. The normalized spacial score (nSPS) is 17.9. The van der Waals surface area contributed by atoms with Gasteiger partial charge in [-0.2, -0.15) is 5.10 Å². The Labute approximate surface area is 141 Å². The van der Waals surface area contributed by atoms with Crippen molar-refractivity contribution < 1.29 is 9.21 Å².